The zero-order valence-corrected chi connectivity index (χ0v) is 8.24. The second-order valence-corrected chi connectivity index (χ2v) is 0. The topological polar surface area (TPSA) is 30.0 Å². The van der Waals surface area contributed by atoms with Gasteiger partial charge in [-0.05, 0) is 0 Å². The van der Waals surface area contributed by atoms with E-state index in [-0.39, 0.29) is 88.5 Å². The monoisotopic (exact) mass is 240 g/mol. The molecule has 1 N–H and O–H groups in total. The minimum absolute atomic E-state index is 0. The molecule has 18 valence electrons. The van der Waals surface area contributed by atoms with Gasteiger partial charge in [0.25, 0.3) is 0 Å². The second kappa shape index (κ2) is 17.2. The Kier molecular flexibility index (Phi) is 128. The van der Waals surface area contributed by atoms with Crippen molar-refractivity contribution in [1.82, 2.24) is 0 Å². The van der Waals surface area contributed by atoms with Gasteiger partial charge in [0, 0.05) is 19.5 Å². The van der Waals surface area contributed by atoms with Gasteiger partial charge in [0.1, 0.15) is 0 Å². The van der Waals surface area contributed by atoms with Crippen molar-refractivity contribution < 1.29 is 25.0 Å². The van der Waals surface area contributed by atoms with Crippen LogP contribution in [0.2, 0.25) is 0 Å². The second-order valence-electron chi connectivity index (χ2n) is 0. The van der Waals surface area contributed by atoms with Gasteiger partial charge in [-0.15, -0.1) is 0 Å². The normalized spacial score (nSPS) is 0. The molecule has 0 aliphatic carbocycles. The van der Waals surface area contributed by atoms with E-state index in [4.69, 9.17) is 0 Å². The van der Waals surface area contributed by atoms with Crippen LogP contribution in [0.1, 0.15) is 0 Å². The maximum atomic E-state index is 0. The van der Waals surface area contributed by atoms with Crippen molar-refractivity contribution in [1.29, 1.82) is 0 Å². The Hall–Kier alpha value is 2.71. The fraction of sp³-hybridized carbons (Fsp3) is 0. The maximum Gasteiger partial charge on any atom is 0 e. The van der Waals surface area contributed by atoms with Crippen molar-refractivity contribution in [2.75, 3.05) is 0 Å². The van der Waals surface area contributed by atoms with Crippen LogP contribution in [-0.4, -0.2) is 69.1 Å². The molecule has 0 aromatic carbocycles. The predicted molar refractivity (Wildman–Crippen MR) is 19.0 cm³/mol. The Balaban J connectivity index is 0. The summed E-state index contributed by atoms with van der Waals surface area (Å²) in [6.07, 6.45) is 0. The predicted octanol–water partition coefficient (Wildman–Crippen LogP) is -2.01. The molecule has 0 radical (unpaired) electrons. The molecule has 0 bridgehead atoms. The summed E-state index contributed by atoms with van der Waals surface area (Å²) in [5, 5.41) is 0. The molecule has 0 unspecified atom stereocenters. The molecule has 0 aromatic rings. The summed E-state index contributed by atoms with van der Waals surface area (Å²) in [6.45, 7) is 0. The van der Waals surface area contributed by atoms with Gasteiger partial charge in [0.15, 0.2) is 0 Å². The molecular weight excluding hydrogens is 236 g/mol. The van der Waals surface area contributed by atoms with E-state index in [9.17, 15) is 0 Å². The Morgan fingerprint density at radius 3 is 1.00 bits per heavy atom. The number of hydrogen-bond donors (Lipinski definition) is 0. The van der Waals surface area contributed by atoms with Crippen LogP contribution in [0.3, 0.4) is 0 Å². The molecule has 0 saturated heterocycles. The first-order chi connectivity index (χ1) is 0. The fourth-order valence-corrected chi connectivity index (χ4v) is 0. The van der Waals surface area contributed by atoms with Crippen LogP contribution >= 0.6 is 0 Å². The largest absolute Gasteiger partial charge is 0.870 e. The third-order valence-electron chi connectivity index (χ3n) is 0. The van der Waals surface area contributed by atoms with Crippen LogP contribution in [0.25, 0.3) is 0 Å². The molecule has 0 aliphatic heterocycles. The van der Waals surface area contributed by atoms with Crippen LogP contribution in [0, 0.1) is 0 Å². The third-order valence-corrected chi connectivity index (χ3v) is 0. The van der Waals surface area contributed by atoms with E-state index in [0.717, 1.165) is 0 Å². The zero-order valence-electron chi connectivity index (χ0n) is 2.15. The third kappa shape index (κ3) is 8.83. The van der Waals surface area contributed by atoms with Gasteiger partial charge >= 0.3 is 63.6 Å². The van der Waals surface area contributed by atoms with E-state index < -0.39 is 0 Å². The van der Waals surface area contributed by atoms with Crippen LogP contribution < -0.4 is 0 Å². The minimum atomic E-state index is 0. The Morgan fingerprint density at radius 2 is 1.00 bits per heavy atom. The molecule has 0 amide bonds. The molecule has 0 aliphatic rings. The Labute approximate surface area is 86.8 Å². The number of hydrogen-bond acceptors (Lipinski definition) is 1. The average molecular weight is 241 g/mol. The molecule has 0 atom stereocenters. The first-order valence-electron chi connectivity index (χ1n) is 0. The molecule has 0 saturated carbocycles. The minimum Gasteiger partial charge on any atom is -0.870 e. The van der Waals surface area contributed by atoms with E-state index in [1.54, 1.807) is 0 Å². The molecule has 0 spiro atoms. The summed E-state index contributed by atoms with van der Waals surface area (Å²) in [5.74, 6) is 0. The molecule has 0 fully saturated rings. The summed E-state index contributed by atoms with van der Waals surface area (Å²) in [5.41, 5.74) is 0. The van der Waals surface area contributed by atoms with Gasteiger partial charge in [-0.25, -0.2) is 0 Å². The smallest absolute Gasteiger partial charge is 0 e. The van der Waals surface area contributed by atoms with Crippen molar-refractivity contribution in [2.45, 2.75) is 0 Å². The first-order valence-corrected chi connectivity index (χ1v) is 0. The van der Waals surface area contributed by atoms with Gasteiger partial charge in [-0.1, -0.05) is 0 Å². The molecule has 4 heteroatoms. The quantitative estimate of drug-likeness (QED) is 0.451. The summed E-state index contributed by atoms with van der Waals surface area (Å²) < 4.78 is 0. The fourth-order valence-electron chi connectivity index (χ4n) is 0. The molecule has 0 rings (SSSR count). The van der Waals surface area contributed by atoms with Gasteiger partial charge < -0.3 is 5.48 Å². The van der Waals surface area contributed by atoms with Crippen LogP contribution in [0.5, 0.6) is 0 Å². The first kappa shape index (κ1) is 29.8. The van der Waals surface area contributed by atoms with E-state index in [0.29, 0.717) is 0 Å². The maximum absolute atomic E-state index is 0. The van der Waals surface area contributed by atoms with Gasteiger partial charge in [-0.3, -0.25) is 0 Å². The van der Waals surface area contributed by atoms with Gasteiger partial charge in [0.05, 0.1) is 0 Å². The van der Waals surface area contributed by atoms with Crippen molar-refractivity contribution in [2.24, 2.45) is 0 Å². The zero-order chi connectivity index (χ0) is 0. The van der Waals surface area contributed by atoms with Crippen molar-refractivity contribution in [3.8, 4) is 0 Å². The molecule has 1 nitrogen and oxygen atoms in total. The summed E-state index contributed by atoms with van der Waals surface area (Å²) in [4.78, 5) is 0. The molecule has 0 aromatic heterocycles. The van der Waals surface area contributed by atoms with Crippen molar-refractivity contribution in [3.63, 3.8) is 0 Å². The van der Waals surface area contributed by atoms with E-state index >= 15 is 0 Å². The van der Waals surface area contributed by atoms with Crippen molar-refractivity contribution >= 4 is 63.6 Å². The van der Waals surface area contributed by atoms with Crippen LogP contribution in [0.4, 0.5) is 0 Å². The van der Waals surface area contributed by atoms with Gasteiger partial charge in [-0.2, -0.15) is 0 Å². The molecule has 0 heterocycles. The summed E-state index contributed by atoms with van der Waals surface area (Å²) in [7, 11) is 0. The Morgan fingerprint density at radius 1 is 1.00 bits per heavy atom. The molecular formula is H5CaInOZn. The number of rotatable bonds is 0. The van der Waals surface area contributed by atoms with E-state index in [2.05, 4.69) is 0 Å². The average Bonchev–Trinajstić information content (AvgIpc) is 0. The summed E-state index contributed by atoms with van der Waals surface area (Å²) in [6, 6.07) is 0. The van der Waals surface area contributed by atoms with Crippen LogP contribution in [-0.2, 0) is 19.5 Å². The van der Waals surface area contributed by atoms with Crippen molar-refractivity contribution in [3.05, 3.63) is 0 Å². The summed E-state index contributed by atoms with van der Waals surface area (Å²) >= 11 is 0. The standard InChI is InChI=1S/Ca.In.H2O.Zn.4H/h;;1H2;;;;;/q+1;;;;;;;/p-1. The Bertz CT molecular complexity index is 8.00. The molecule has 4 heavy (non-hydrogen) atoms. The SMILES string of the molecule is [CaH+].[InH3].[OH-].[Zn]. The van der Waals surface area contributed by atoms with Gasteiger partial charge in [0.2, 0.25) is 0 Å². The van der Waals surface area contributed by atoms with E-state index in [1.165, 1.54) is 0 Å². The van der Waals surface area contributed by atoms with Crippen LogP contribution in [0.15, 0.2) is 0 Å². The van der Waals surface area contributed by atoms with E-state index in [1.807, 2.05) is 0 Å².